The minimum absolute atomic E-state index is 0. The van der Waals surface area contributed by atoms with E-state index >= 15 is 0 Å². The molecule has 4 N–H and O–H groups in total. The highest BCUT2D eigenvalue weighted by molar-refractivity contribution is 5.88. The van der Waals surface area contributed by atoms with Gasteiger partial charge in [-0.2, -0.15) is 0 Å². The van der Waals surface area contributed by atoms with Crippen LogP contribution in [0.2, 0.25) is 0 Å². The number of nitrogens with two attached hydrogens (primary N) is 1. The summed E-state index contributed by atoms with van der Waals surface area (Å²) in [5.41, 5.74) is 7.90. The molecule has 1 aliphatic rings. The van der Waals surface area contributed by atoms with Gasteiger partial charge in [-0.25, -0.2) is 4.39 Å². The molecule has 184 valence electrons. The highest BCUT2D eigenvalue weighted by Gasteiger charge is 2.30. The van der Waals surface area contributed by atoms with Gasteiger partial charge in [-0.3, -0.25) is 14.4 Å². The molecule has 0 radical (unpaired) electrons. The van der Waals surface area contributed by atoms with Gasteiger partial charge in [0.2, 0.25) is 17.7 Å². The Morgan fingerprint density at radius 1 is 1.03 bits per heavy atom. The number of halogens is 2. The second-order valence-corrected chi connectivity index (χ2v) is 8.47. The Labute approximate surface area is 205 Å². The lowest BCUT2D eigenvalue weighted by molar-refractivity contribution is -0.137. The molecule has 0 saturated carbocycles. The predicted molar refractivity (Wildman–Crippen MR) is 131 cm³/mol. The number of nitrogens with zero attached hydrogens (tertiary/aromatic N) is 1. The van der Waals surface area contributed by atoms with Crippen molar-refractivity contribution in [2.45, 2.75) is 44.8 Å². The Bertz CT molecular complexity index is 950. The number of carbonyl (C=O) groups is 3. The van der Waals surface area contributed by atoms with Crippen molar-refractivity contribution in [1.29, 1.82) is 0 Å². The summed E-state index contributed by atoms with van der Waals surface area (Å²) in [5, 5.41) is 5.49. The van der Waals surface area contributed by atoms with Crippen molar-refractivity contribution in [2.75, 3.05) is 13.1 Å². The largest absolute Gasteiger partial charge is 0.350 e. The molecule has 0 aromatic heterocycles. The summed E-state index contributed by atoms with van der Waals surface area (Å²) >= 11 is 0. The van der Waals surface area contributed by atoms with Gasteiger partial charge in [-0.15, -0.1) is 12.4 Å². The number of piperidine rings is 1. The average molecular weight is 491 g/mol. The normalized spacial score (nSPS) is 15.6. The fourth-order valence-electron chi connectivity index (χ4n) is 3.89. The quantitative estimate of drug-likeness (QED) is 0.527. The number of hydrogen-bond acceptors (Lipinski definition) is 4. The van der Waals surface area contributed by atoms with E-state index in [9.17, 15) is 18.8 Å². The second-order valence-electron chi connectivity index (χ2n) is 8.47. The van der Waals surface area contributed by atoms with Gasteiger partial charge < -0.3 is 21.3 Å². The van der Waals surface area contributed by atoms with Gasteiger partial charge >= 0.3 is 0 Å². The number of carbonyl (C=O) groups excluding carboxylic acids is 3. The zero-order valence-electron chi connectivity index (χ0n) is 19.2. The molecule has 2 aromatic rings. The van der Waals surface area contributed by atoms with Gasteiger partial charge in [0.25, 0.3) is 0 Å². The number of likely N-dealkylation sites (tertiary alicyclic amines) is 1. The van der Waals surface area contributed by atoms with Gasteiger partial charge in [0.15, 0.2) is 0 Å². The molecular weight excluding hydrogens is 459 g/mol. The van der Waals surface area contributed by atoms with Gasteiger partial charge in [0.05, 0.1) is 6.04 Å². The first-order chi connectivity index (χ1) is 15.8. The number of benzene rings is 2. The summed E-state index contributed by atoms with van der Waals surface area (Å²) in [5.74, 6) is -1.21. The van der Waals surface area contributed by atoms with Crippen molar-refractivity contribution in [3.8, 4) is 0 Å². The highest BCUT2D eigenvalue weighted by Crippen LogP contribution is 2.19. The summed E-state index contributed by atoms with van der Waals surface area (Å²) in [6, 6.07) is 14.2. The summed E-state index contributed by atoms with van der Waals surface area (Å²) < 4.78 is 13.0. The Hall–Kier alpha value is -2.97. The minimum Gasteiger partial charge on any atom is -0.350 e. The van der Waals surface area contributed by atoms with E-state index in [0.717, 1.165) is 11.1 Å². The van der Waals surface area contributed by atoms with Crippen LogP contribution >= 0.6 is 12.4 Å². The van der Waals surface area contributed by atoms with E-state index in [4.69, 9.17) is 5.73 Å². The predicted octanol–water partition coefficient (Wildman–Crippen LogP) is 2.18. The van der Waals surface area contributed by atoms with Crippen molar-refractivity contribution >= 4 is 30.1 Å². The van der Waals surface area contributed by atoms with Crippen molar-refractivity contribution in [3.05, 3.63) is 71.5 Å². The fourth-order valence-corrected chi connectivity index (χ4v) is 3.89. The first-order valence-electron chi connectivity index (χ1n) is 11.2. The molecule has 0 aliphatic carbocycles. The van der Waals surface area contributed by atoms with E-state index < -0.39 is 12.1 Å². The summed E-state index contributed by atoms with van der Waals surface area (Å²) in [7, 11) is 0. The van der Waals surface area contributed by atoms with Crippen LogP contribution in [-0.4, -0.2) is 47.8 Å². The van der Waals surface area contributed by atoms with E-state index in [0.29, 0.717) is 32.4 Å². The molecule has 2 atom stereocenters. The highest BCUT2D eigenvalue weighted by atomic mass is 35.5. The molecule has 3 amide bonds. The molecule has 2 aromatic carbocycles. The maximum absolute atomic E-state index is 13.0. The zero-order chi connectivity index (χ0) is 23.8. The molecule has 0 unspecified atom stereocenters. The summed E-state index contributed by atoms with van der Waals surface area (Å²) in [4.78, 5) is 39.3. The molecule has 1 heterocycles. The van der Waals surface area contributed by atoms with E-state index in [2.05, 4.69) is 10.6 Å². The van der Waals surface area contributed by atoms with Crippen molar-refractivity contribution in [1.82, 2.24) is 15.5 Å². The number of amides is 3. The van der Waals surface area contributed by atoms with Crippen LogP contribution in [0.25, 0.3) is 0 Å². The lowest BCUT2D eigenvalue weighted by Crippen LogP contribution is -2.51. The Morgan fingerprint density at radius 2 is 1.65 bits per heavy atom. The number of rotatable bonds is 8. The maximum Gasteiger partial charge on any atom is 0.242 e. The number of hydrogen-bond donors (Lipinski definition) is 3. The van der Waals surface area contributed by atoms with Crippen LogP contribution in [0, 0.1) is 11.7 Å². The summed E-state index contributed by atoms with van der Waals surface area (Å²) in [6.07, 6.45) is 1.53. The van der Waals surface area contributed by atoms with E-state index in [1.54, 1.807) is 24.0 Å². The molecule has 1 aliphatic heterocycles. The molecule has 34 heavy (non-hydrogen) atoms. The van der Waals surface area contributed by atoms with Crippen LogP contribution < -0.4 is 16.4 Å². The van der Waals surface area contributed by atoms with Crippen molar-refractivity contribution in [2.24, 2.45) is 11.7 Å². The monoisotopic (exact) mass is 490 g/mol. The van der Waals surface area contributed by atoms with Crippen LogP contribution in [0.5, 0.6) is 0 Å². The van der Waals surface area contributed by atoms with E-state index in [-0.39, 0.29) is 48.4 Å². The Balaban J connectivity index is 0.00000408. The lowest BCUT2D eigenvalue weighted by atomic mass is 9.94. The van der Waals surface area contributed by atoms with Crippen LogP contribution in [0.3, 0.4) is 0 Å². The fraction of sp³-hybridized carbons (Fsp3) is 0.400. The molecule has 9 heteroatoms. The van der Waals surface area contributed by atoms with Crippen molar-refractivity contribution in [3.63, 3.8) is 0 Å². The third-order valence-corrected chi connectivity index (χ3v) is 5.93. The minimum atomic E-state index is -0.697. The molecule has 1 fully saturated rings. The third-order valence-electron chi connectivity index (χ3n) is 5.93. The smallest absolute Gasteiger partial charge is 0.242 e. The third kappa shape index (κ3) is 7.81. The van der Waals surface area contributed by atoms with E-state index in [1.807, 2.05) is 30.3 Å². The summed E-state index contributed by atoms with van der Waals surface area (Å²) in [6.45, 7) is 2.80. The van der Waals surface area contributed by atoms with Crippen molar-refractivity contribution < 1.29 is 18.8 Å². The molecule has 7 nitrogen and oxygen atoms in total. The van der Waals surface area contributed by atoms with Crippen LogP contribution in [0.4, 0.5) is 4.39 Å². The van der Waals surface area contributed by atoms with E-state index in [1.165, 1.54) is 12.1 Å². The topological polar surface area (TPSA) is 105 Å². The van der Waals surface area contributed by atoms with Crippen LogP contribution in [0.15, 0.2) is 54.6 Å². The molecule has 1 saturated heterocycles. The molecular formula is C25H32ClFN4O3. The van der Waals surface area contributed by atoms with Crippen LogP contribution in [-0.2, 0) is 27.3 Å². The first-order valence-corrected chi connectivity index (χ1v) is 11.2. The second kappa shape index (κ2) is 13.1. The maximum atomic E-state index is 13.0. The molecule has 0 spiro atoms. The standard InChI is InChI=1S/C25H31FN4O3.ClH/c1-17(23(31)28-16-19-7-9-21(26)10-8-19)29-24(32)20-11-13-30(14-12-20)25(33)22(27)15-18-5-3-2-4-6-18;/h2-10,17,20,22H,11-16,27H2,1H3,(H,28,31)(H,29,32);1H/t17-,22-;/m0./s1. The van der Waals surface area contributed by atoms with Crippen LogP contribution in [0.1, 0.15) is 30.9 Å². The molecule has 3 rings (SSSR count). The zero-order valence-corrected chi connectivity index (χ0v) is 20.0. The average Bonchev–Trinajstić information content (AvgIpc) is 2.83. The Kier molecular flexibility index (Phi) is 10.5. The van der Waals surface area contributed by atoms with Gasteiger partial charge in [0.1, 0.15) is 11.9 Å². The first kappa shape index (κ1) is 27.3. The van der Waals surface area contributed by atoms with Gasteiger partial charge in [0, 0.05) is 25.6 Å². The SMILES string of the molecule is C[C@H](NC(=O)C1CCN(C(=O)[C@@H](N)Cc2ccccc2)CC1)C(=O)NCc1ccc(F)cc1.Cl. The molecule has 0 bridgehead atoms. The van der Waals surface area contributed by atoms with Gasteiger partial charge in [-0.1, -0.05) is 42.5 Å². The Morgan fingerprint density at radius 3 is 2.26 bits per heavy atom. The van der Waals surface area contributed by atoms with Gasteiger partial charge in [-0.05, 0) is 49.4 Å². The lowest BCUT2D eigenvalue weighted by Gasteiger charge is -2.33. The number of nitrogens with one attached hydrogen (secondary N) is 2.